The number of esters is 1. The Bertz CT molecular complexity index is 494. The fourth-order valence-corrected chi connectivity index (χ4v) is 1.61. The van der Waals surface area contributed by atoms with Crippen LogP contribution in [0.15, 0.2) is 18.2 Å². The molecule has 1 rings (SSSR count). The summed E-state index contributed by atoms with van der Waals surface area (Å²) in [5, 5.41) is 30.4. The first-order valence-electron chi connectivity index (χ1n) is 6.00. The number of carboxylic acids is 1. The molecule has 0 aromatic heterocycles. The molecule has 1 aromatic rings. The molecule has 21 heavy (non-hydrogen) atoms. The zero-order valence-electron chi connectivity index (χ0n) is 11.4. The molecule has 0 radical (unpaired) electrons. The smallest absolute Gasteiger partial charge is 0.321 e. The van der Waals surface area contributed by atoms with Gasteiger partial charge in [-0.25, -0.2) is 0 Å². The Labute approximate surface area is 128 Å². The van der Waals surface area contributed by atoms with E-state index in [0.29, 0.717) is 5.56 Å². The van der Waals surface area contributed by atoms with Crippen molar-refractivity contribution in [2.24, 2.45) is 0 Å². The monoisotopic (exact) mass is 319 g/mol. The highest BCUT2D eigenvalue weighted by Gasteiger charge is 2.17. The topological polar surface area (TPSA) is 116 Å². The van der Waals surface area contributed by atoms with E-state index in [9.17, 15) is 19.8 Å². The molecule has 0 saturated heterocycles. The molecule has 1 aromatic carbocycles. The number of ether oxygens (including phenoxy) is 1. The minimum absolute atomic E-state index is 0. The van der Waals surface area contributed by atoms with Crippen LogP contribution in [0.2, 0.25) is 0 Å². The summed E-state index contributed by atoms with van der Waals surface area (Å²) in [5.41, 5.74) is 0.563. The summed E-state index contributed by atoms with van der Waals surface area (Å²) >= 11 is 0. The number of carbonyl (C=O) groups excluding carboxylic acids is 1. The maximum Gasteiger partial charge on any atom is 0.321 e. The first-order valence-corrected chi connectivity index (χ1v) is 6.00. The van der Waals surface area contributed by atoms with E-state index in [2.05, 4.69) is 10.1 Å². The summed E-state index contributed by atoms with van der Waals surface area (Å²) in [4.78, 5) is 21.7. The van der Waals surface area contributed by atoms with Gasteiger partial charge < -0.3 is 25.4 Å². The second-order valence-electron chi connectivity index (χ2n) is 4.21. The molecule has 0 fully saturated rings. The Morgan fingerprint density at radius 2 is 1.95 bits per heavy atom. The molecule has 8 heteroatoms. The van der Waals surface area contributed by atoms with Gasteiger partial charge in [0.2, 0.25) is 0 Å². The van der Waals surface area contributed by atoms with Gasteiger partial charge in [-0.2, -0.15) is 0 Å². The summed E-state index contributed by atoms with van der Waals surface area (Å²) in [6, 6.07) is 3.25. The quantitative estimate of drug-likeness (QED) is 0.331. The van der Waals surface area contributed by atoms with E-state index in [1.807, 2.05) is 0 Å². The van der Waals surface area contributed by atoms with Crippen molar-refractivity contribution >= 4 is 24.3 Å². The van der Waals surface area contributed by atoms with Gasteiger partial charge in [0.05, 0.1) is 0 Å². The summed E-state index contributed by atoms with van der Waals surface area (Å²) < 4.78 is 4.69. The Kier molecular flexibility index (Phi) is 8.18. The third kappa shape index (κ3) is 6.82. The highest BCUT2D eigenvalue weighted by molar-refractivity contribution is 5.85. The van der Waals surface area contributed by atoms with E-state index in [0.717, 1.165) is 0 Å². The normalized spacial score (nSPS) is 11.3. The van der Waals surface area contributed by atoms with Gasteiger partial charge in [-0.3, -0.25) is 9.59 Å². The first-order chi connectivity index (χ1) is 9.40. The van der Waals surface area contributed by atoms with Crippen molar-refractivity contribution in [3.05, 3.63) is 23.8 Å². The predicted octanol–water partition coefficient (Wildman–Crippen LogP) is 0.668. The number of nitrogens with one attached hydrogen (secondary N) is 1. The molecule has 4 N–H and O–H groups in total. The molecule has 118 valence electrons. The summed E-state index contributed by atoms with van der Waals surface area (Å²) in [6.07, 6.45) is 0.128. The fourth-order valence-electron chi connectivity index (χ4n) is 1.61. The molecular weight excluding hydrogens is 302 g/mol. The second-order valence-corrected chi connectivity index (χ2v) is 4.21. The number of benzene rings is 1. The van der Waals surface area contributed by atoms with Gasteiger partial charge in [0.25, 0.3) is 0 Å². The van der Waals surface area contributed by atoms with Crippen LogP contribution < -0.4 is 5.32 Å². The van der Waals surface area contributed by atoms with Crippen LogP contribution in [-0.2, 0) is 20.7 Å². The van der Waals surface area contributed by atoms with E-state index in [4.69, 9.17) is 5.11 Å². The third-order valence-electron chi connectivity index (χ3n) is 2.58. The highest BCUT2D eigenvalue weighted by atomic mass is 35.5. The van der Waals surface area contributed by atoms with Crippen molar-refractivity contribution < 1.29 is 29.6 Å². The van der Waals surface area contributed by atoms with Gasteiger partial charge in [-0.1, -0.05) is 6.07 Å². The van der Waals surface area contributed by atoms with E-state index < -0.39 is 18.0 Å². The van der Waals surface area contributed by atoms with Gasteiger partial charge in [-0.05, 0) is 24.1 Å². The molecule has 1 atom stereocenters. The molecule has 0 aliphatic rings. The molecule has 0 saturated carbocycles. The highest BCUT2D eigenvalue weighted by Crippen LogP contribution is 2.25. The molecule has 0 heterocycles. The van der Waals surface area contributed by atoms with Crippen molar-refractivity contribution in [3.8, 4) is 11.5 Å². The van der Waals surface area contributed by atoms with Crippen LogP contribution in [0, 0.1) is 0 Å². The van der Waals surface area contributed by atoms with Crippen molar-refractivity contribution in [2.45, 2.75) is 19.4 Å². The standard InChI is InChI=1S/C13H17NO6.ClH/c1-8(15)20-5-4-14-10(13(18)19)6-9-2-3-11(16)12(17)7-9;/h2-3,7,10,14,16-17H,4-6H2,1H3,(H,18,19);1H/t10-;/m0./s1. The molecule has 0 unspecified atom stereocenters. The van der Waals surface area contributed by atoms with Crippen LogP contribution in [0.1, 0.15) is 12.5 Å². The lowest BCUT2D eigenvalue weighted by Crippen LogP contribution is -2.40. The third-order valence-corrected chi connectivity index (χ3v) is 2.58. The van der Waals surface area contributed by atoms with Crippen LogP contribution in [0.5, 0.6) is 11.5 Å². The summed E-state index contributed by atoms with van der Waals surface area (Å²) in [6.45, 7) is 1.56. The van der Waals surface area contributed by atoms with Crippen LogP contribution in [0.25, 0.3) is 0 Å². The Balaban J connectivity index is 0.00000400. The van der Waals surface area contributed by atoms with Gasteiger partial charge in [-0.15, -0.1) is 12.4 Å². The molecular formula is C13H18ClNO6. The van der Waals surface area contributed by atoms with Crippen molar-refractivity contribution in [1.82, 2.24) is 5.32 Å². The lowest BCUT2D eigenvalue weighted by Gasteiger charge is -2.14. The average molecular weight is 320 g/mol. The van der Waals surface area contributed by atoms with Crippen molar-refractivity contribution in [2.75, 3.05) is 13.2 Å². The number of hydrogen-bond donors (Lipinski definition) is 4. The molecule has 0 spiro atoms. The molecule has 0 amide bonds. The van der Waals surface area contributed by atoms with Gasteiger partial charge in [0.1, 0.15) is 12.6 Å². The zero-order valence-corrected chi connectivity index (χ0v) is 12.2. The molecule has 7 nitrogen and oxygen atoms in total. The Morgan fingerprint density at radius 3 is 2.48 bits per heavy atom. The maximum atomic E-state index is 11.1. The number of hydrogen-bond acceptors (Lipinski definition) is 6. The number of carbonyl (C=O) groups is 2. The number of aliphatic carboxylic acids is 1. The Hall–Kier alpha value is -1.99. The maximum absolute atomic E-state index is 11.1. The lowest BCUT2D eigenvalue weighted by molar-refractivity contribution is -0.141. The van der Waals surface area contributed by atoms with Gasteiger partial charge >= 0.3 is 11.9 Å². The van der Waals surface area contributed by atoms with Crippen LogP contribution in [0.3, 0.4) is 0 Å². The number of halogens is 1. The van der Waals surface area contributed by atoms with E-state index in [1.54, 1.807) is 0 Å². The Morgan fingerprint density at radius 1 is 1.29 bits per heavy atom. The molecule has 0 bridgehead atoms. The number of aromatic hydroxyl groups is 2. The van der Waals surface area contributed by atoms with Crippen molar-refractivity contribution in [1.29, 1.82) is 0 Å². The van der Waals surface area contributed by atoms with Crippen LogP contribution in [0.4, 0.5) is 0 Å². The lowest BCUT2D eigenvalue weighted by atomic mass is 10.1. The van der Waals surface area contributed by atoms with E-state index in [-0.39, 0.29) is 43.5 Å². The average Bonchev–Trinajstić information content (AvgIpc) is 2.36. The predicted molar refractivity (Wildman–Crippen MR) is 76.8 cm³/mol. The van der Waals surface area contributed by atoms with Crippen LogP contribution in [-0.4, -0.2) is 46.5 Å². The van der Waals surface area contributed by atoms with Crippen LogP contribution >= 0.6 is 12.4 Å². The first kappa shape index (κ1) is 19.0. The number of rotatable bonds is 7. The fraction of sp³-hybridized carbons (Fsp3) is 0.385. The molecule has 0 aliphatic carbocycles. The van der Waals surface area contributed by atoms with E-state index >= 15 is 0 Å². The SMILES string of the molecule is CC(=O)OCCN[C@@H](Cc1ccc(O)c(O)c1)C(=O)O.Cl. The zero-order chi connectivity index (χ0) is 15.1. The van der Waals surface area contributed by atoms with Gasteiger partial charge in [0.15, 0.2) is 11.5 Å². The minimum Gasteiger partial charge on any atom is -0.504 e. The largest absolute Gasteiger partial charge is 0.504 e. The van der Waals surface area contributed by atoms with Crippen molar-refractivity contribution in [3.63, 3.8) is 0 Å². The number of phenolic OH excluding ortho intramolecular Hbond substituents is 2. The number of phenols is 2. The van der Waals surface area contributed by atoms with E-state index in [1.165, 1.54) is 25.1 Å². The molecule has 0 aliphatic heterocycles. The number of carboxylic acid groups (broad SMARTS) is 1. The minimum atomic E-state index is -1.06. The van der Waals surface area contributed by atoms with Gasteiger partial charge in [0, 0.05) is 13.5 Å². The summed E-state index contributed by atoms with van der Waals surface area (Å²) in [5.74, 6) is -2.04. The summed E-state index contributed by atoms with van der Waals surface area (Å²) in [7, 11) is 0. The second kappa shape index (κ2) is 9.04.